The molecule has 0 N–H and O–H groups in total. The Morgan fingerprint density at radius 2 is 1.71 bits per heavy atom. The van der Waals surface area contributed by atoms with Crippen LogP contribution in [0.2, 0.25) is 0 Å². The van der Waals surface area contributed by atoms with Gasteiger partial charge in [0.05, 0.1) is 0 Å². The summed E-state index contributed by atoms with van der Waals surface area (Å²) in [4.78, 5) is 11.1. The van der Waals surface area contributed by atoms with Crippen molar-refractivity contribution in [2.75, 3.05) is 0 Å². The van der Waals surface area contributed by atoms with Crippen molar-refractivity contribution < 1.29 is 4.79 Å². The van der Waals surface area contributed by atoms with E-state index in [4.69, 9.17) is 11.6 Å². The van der Waals surface area contributed by atoms with Crippen LogP contribution in [0.25, 0.3) is 12.2 Å². The van der Waals surface area contributed by atoms with Gasteiger partial charge >= 0.3 is 0 Å². The Bertz CT molecular complexity index is 639. The fourth-order valence-electron chi connectivity index (χ4n) is 2.19. The quantitative estimate of drug-likeness (QED) is 0.531. The lowest BCUT2D eigenvalue weighted by Gasteiger charge is -2.04. The molecule has 0 saturated heterocycles. The molecule has 0 aliphatic rings. The van der Waals surface area contributed by atoms with Gasteiger partial charge in [-0.25, -0.2) is 0 Å². The molecular weight excluding hydrogens is 280 g/mol. The molecule has 0 aliphatic heterocycles. The van der Waals surface area contributed by atoms with Gasteiger partial charge in [0, 0.05) is 5.56 Å². The van der Waals surface area contributed by atoms with Crippen LogP contribution in [-0.2, 0) is 6.42 Å². The highest BCUT2D eigenvalue weighted by Crippen LogP contribution is 2.14. The Morgan fingerprint density at radius 3 is 2.33 bits per heavy atom. The van der Waals surface area contributed by atoms with Crippen molar-refractivity contribution in [1.29, 1.82) is 0 Å². The van der Waals surface area contributed by atoms with Gasteiger partial charge < -0.3 is 0 Å². The molecule has 21 heavy (non-hydrogen) atoms. The number of hydrogen-bond donors (Lipinski definition) is 0. The van der Waals surface area contributed by atoms with Gasteiger partial charge in [0.25, 0.3) is 5.24 Å². The Balaban J connectivity index is 2.10. The molecule has 0 unspecified atom stereocenters. The fourth-order valence-corrected chi connectivity index (χ4v) is 2.31. The topological polar surface area (TPSA) is 17.1 Å². The van der Waals surface area contributed by atoms with Crippen molar-refractivity contribution in [1.82, 2.24) is 0 Å². The summed E-state index contributed by atoms with van der Waals surface area (Å²) in [6, 6.07) is 15.9. The maximum atomic E-state index is 11.1. The fraction of sp³-hybridized carbons (Fsp3) is 0.211. The van der Waals surface area contributed by atoms with Gasteiger partial charge in [0.1, 0.15) is 0 Å². The summed E-state index contributed by atoms with van der Waals surface area (Å²) in [5.74, 6) is 0.669. The summed E-state index contributed by atoms with van der Waals surface area (Å²) in [5.41, 5.74) is 3.99. The molecule has 0 fully saturated rings. The van der Waals surface area contributed by atoms with E-state index >= 15 is 0 Å². The highest BCUT2D eigenvalue weighted by Gasteiger charge is 2.00. The van der Waals surface area contributed by atoms with E-state index in [9.17, 15) is 4.79 Å². The first-order chi connectivity index (χ1) is 10.0. The van der Waals surface area contributed by atoms with Crippen molar-refractivity contribution >= 4 is 29.0 Å². The van der Waals surface area contributed by atoms with Crippen LogP contribution in [-0.4, -0.2) is 5.24 Å². The summed E-state index contributed by atoms with van der Waals surface area (Å²) in [6.07, 6.45) is 5.13. The monoisotopic (exact) mass is 298 g/mol. The van der Waals surface area contributed by atoms with Crippen LogP contribution in [0.4, 0.5) is 0 Å². The molecule has 0 aromatic heterocycles. The molecule has 0 saturated carbocycles. The molecule has 108 valence electrons. The minimum atomic E-state index is -0.428. The lowest BCUT2D eigenvalue weighted by molar-refractivity contribution is 0.108. The van der Waals surface area contributed by atoms with E-state index in [0.717, 1.165) is 17.5 Å². The molecule has 0 atom stereocenters. The molecule has 2 rings (SSSR count). The Labute approximate surface area is 131 Å². The number of carbonyl (C=O) groups excluding carboxylic acids is 1. The second kappa shape index (κ2) is 7.24. The number of benzene rings is 2. The van der Waals surface area contributed by atoms with Crippen molar-refractivity contribution in [3.63, 3.8) is 0 Å². The normalized spacial score (nSPS) is 11.2. The minimum absolute atomic E-state index is 0.428. The van der Waals surface area contributed by atoms with Gasteiger partial charge in [-0.1, -0.05) is 68.5 Å². The smallest absolute Gasteiger partial charge is 0.252 e. The number of carbonyl (C=O) groups is 1. The lowest BCUT2D eigenvalue weighted by atomic mass is 10.0. The van der Waals surface area contributed by atoms with Crippen LogP contribution in [0.5, 0.6) is 0 Å². The molecule has 2 heteroatoms. The van der Waals surface area contributed by atoms with Crippen molar-refractivity contribution in [3.05, 3.63) is 70.8 Å². The third-order valence-electron chi connectivity index (χ3n) is 3.21. The highest BCUT2D eigenvalue weighted by atomic mass is 35.5. The van der Waals surface area contributed by atoms with E-state index < -0.39 is 5.24 Å². The lowest BCUT2D eigenvalue weighted by Crippen LogP contribution is -1.93. The van der Waals surface area contributed by atoms with Crippen molar-refractivity contribution in [3.8, 4) is 0 Å². The second-order valence-electron chi connectivity index (χ2n) is 5.57. The molecule has 1 nitrogen and oxygen atoms in total. The van der Waals surface area contributed by atoms with Crippen LogP contribution in [0, 0.1) is 5.92 Å². The van der Waals surface area contributed by atoms with Crippen LogP contribution in [0.3, 0.4) is 0 Å². The van der Waals surface area contributed by atoms with Crippen LogP contribution in [0.1, 0.15) is 40.9 Å². The average Bonchev–Trinajstić information content (AvgIpc) is 2.46. The zero-order valence-corrected chi connectivity index (χ0v) is 13.1. The first-order valence-electron chi connectivity index (χ1n) is 7.11. The first kappa shape index (κ1) is 15.5. The van der Waals surface area contributed by atoms with E-state index in [1.807, 2.05) is 24.3 Å². The second-order valence-corrected chi connectivity index (χ2v) is 5.92. The summed E-state index contributed by atoms with van der Waals surface area (Å²) in [7, 11) is 0. The van der Waals surface area contributed by atoms with Crippen LogP contribution in [0.15, 0.2) is 48.5 Å². The Morgan fingerprint density at radius 1 is 1.05 bits per heavy atom. The molecule has 0 spiro atoms. The van der Waals surface area contributed by atoms with E-state index in [-0.39, 0.29) is 0 Å². The molecular formula is C19H19ClO. The number of rotatable bonds is 5. The first-order valence-corrected chi connectivity index (χ1v) is 7.49. The van der Waals surface area contributed by atoms with Gasteiger partial charge in [-0.2, -0.15) is 0 Å². The zero-order valence-electron chi connectivity index (χ0n) is 12.3. The molecule has 0 heterocycles. The highest BCUT2D eigenvalue weighted by molar-refractivity contribution is 6.67. The molecule has 2 aromatic rings. The third-order valence-corrected chi connectivity index (χ3v) is 3.42. The average molecular weight is 299 g/mol. The SMILES string of the molecule is CC(C)Cc1ccc(/C=C/c2cccc(C(=O)Cl)c2)cc1. The Hall–Kier alpha value is -1.86. The standard InChI is InChI=1S/C19H19ClO/c1-14(2)12-17-10-7-15(8-11-17)6-9-16-4-3-5-18(13-16)19(20)21/h3-11,13-14H,12H2,1-2H3/b9-6+. The molecule has 0 aliphatic carbocycles. The van der Waals surface area contributed by atoms with Crippen molar-refractivity contribution in [2.45, 2.75) is 20.3 Å². The summed E-state index contributed by atoms with van der Waals surface area (Å²) < 4.78 is 0. The molecule has 2 aromatic carbocycles. The molecule has 0 radical (unpaired) electrons. The van der Waals surface area contributed by atoms with Crippen LogP contribution >= 0.6 is 11.6 Å². The summed E-state index contributed by atoms with van der Waals surface area (Å²) in [5, 5.41) is -0.428. The molecule has 0 bridgehead atoms. The predicted octanol–water partition coefficient (Wildman–Crippen LogP) is 5.43. The largest absolute Gasteiger partial charge is 0.276 e. The van der Waals surface area contributed by atoms with E-state index in [2.05, 4.69) is 38.1 Å². The Kier molecular flexibility index (Phi) is 5.35. The van der Waals surface area contributed by atoms with Gasteiger partial charge in [-0.05, 0) is 46.7 Å². The maximum Gasteiger partial charge on any atom is 0.252 e. The number of halogens is 1. The van der Waals surface area contributed by atoms with E-state index in [1.165, 1.54) is 5.56 Å². The van der Waals surface area contributed by atoms with E-state index in [1.54, 1.807) is 12.1 Å². The predicted molar refractivity (Wildman–Crippen MR) is 90.5 cm³/mol. The molecule has 0 amide bonds. The van der Waals surface area contributed by atoms with Gasteiger partial charge in [-0.15, -0.1) is 0 Å². The van der Waals surface area contributed by atoms with Crippen LogP contribution < -0.4 is 0 Å². The third kappa shape index (κ3) is 4.87. The zero-order chi connectivity index (χ0) is 15.2. The van der Waals surface area contributed by atoms with Gasteiger partial charge in [-0.3, -0.25) is 4.79 Å². The number of hydrogen-bond acceptors (Lipinski definition) is 1. The van der Waals surface area contributed by atoms with E-state index in [0.29, 0.717) is 11.5 Å². The van der Waals surface area contributed by atoms with Crippen molar-refractivity contribution in [2.24, 2.45) is 5.92 Å². The summed E-state index contributed by atoms with van der Waals surface area (Å²) >= 11 is 5.49. The minimum Gasteiger partial charge on any atom is -0.276 e. The van der Waals surface area contributed by atoms with Gasteiger partial charge in [0.2, 0.25) is 0 Å². The van der Waals surface area contributed by atoms with Gasteiger partial charge in [0.15, 0.2) is 0 Å². The maximum absolute atomic E-state index is 11.1. The summed E-state index contributed by atoms with van der Waals surface area (Å²) in [6.45, 7) is 4.44.